The van der Waals surface area contributed by atoms with Crippen molar-refractivity contribution in [2.75, 3.05) is 0 Å². The van der Waals surface area contributed by atoms with E-state index in [4.69, 9.17) is 9.47 Å². The molecule has 0 aromatic rings. The largest absolute Gasteiger partial charge is 0.462 e. The van der Waals surface area contributed by atoms with Crippen LogP contribution in [0.4, 0.5) is 0 Å². The van der Waals surface area contributed by atoms with Gasteiger partial charge in [0.1, 0.15) is 12.2 Å². The van der Waals surface area contributed by atoms with E-state index in [1.807, 2.05) is 0 Å². The summed E-state index contributed by atoms with van der Waals surface area (Å²) in [7, 11) is 0. The van der Waals surface area contributed by atoms with Crippen molar-refractivity contribution in [1.29, 1.82) is 0 Å². The molecule has 1 aliphatic heterocycles. The maximum absolute atomic E-state index is 12.5. The number of hydrogen-bond donors (Lipinski definition) is 0. The summed E-state index contributed by atoms with van der Waals surface area (Å²) in [5, 5.41) is 0. The number of ether oxygens (including phenoxy) is 2. The van der Waals surface area contributed by atoms with Crippen LogP contribution in [-0.4, -0.2) is 24.1 Å². The van der Waals surface area contributed by atoms with Gasteiger partial charge in [-0.25, -0.2) is 0 Å². The lowest BCUT2D eigenvalue weighted by Gasteiger charge is -2.61. The molecule has 8 aliphatic rings. The van der Waals surface area contributed by atoms with Crippen molar-refractivity contribution in [3.8, 4) is 0 Å². The van der Waals surface area contributed by atoms with Gasteiger partial charge in [0, 0.05) is 11.8 Å². The van der Waals surface area contributed by atoms with E-state index in [-0.39, 0.29) is 37.0 Å². The number of esters is 2. The molecule has 2 unspecified atom stereocenters. The van der Waals surface area contributed by atoms with Crippen LogP contribution in [0, 0.1) is 71.0 Å². The number of fused-ring (bicyclic) bond motifs is 7. The van der Waals surface area contributed by atoms with Gasteiger partial charge >= 0.3 is 11.9 Å². The van der Waals surface area contributed by atoms with Crippen molar-refractivity contribution in [1.82, 2.24) is 0 Å². The number of hydrogen-bond acceptors (Lipinski definition) is 4. The molecule has 4 nitrogen and oxygen atoms in total. The van der Waals surface area contributed by atoms with E-state index in [1.165, 1.54) is 25.7 Å². The fourth-order valence-corrected chi connectivity index (χ4v) is 11.3. The Kier molecular flexibility index (Phi) is 2.80. The van der Waals surface area contributed by atoms with E-state index >= 15 is 0 Å². The molecule has 0 radical (unpaired) electrons. The summed E-state index contributed by atoms with van der Waals surface area (Å²) in [4.78, 5) is 24.9. The van der Waals surface area contributed by atoms with Crippen molar-refractivity contribution in [2.45, 2.75) is 63.6 Å². The molecule has 0 aromatic carbocycles. The molecule has 0 aromatic heterocycles. The smallest absolute Gasteiger partial charge is 0.306 e. The van der Waals surface area contributed by atoms with Gasteiger partial charge in [-0.2, -0.15) is 0 Å². The van der Waals surface area contributed by atoms with E-state index in [9.17, 15) is 9.59 Å². The predicted molar refractivity (Wildman–Crippen MR) is 98.6 cm³/mol. The zero-order valence-electron chi connectivity index (χ0n) is 16.4. The normalized spacial score (nSPS) is 64.7. The minimum Gasteiger partial charge on any atom is -0.462 e. The fourth-order valence-electron chi connectivity index (χ4n) is 11.3. The van der Waals surface area contributed by atoms with Crippen LogP contribution >= 0.6 is 0 Å². The average Bonchev–Trinajstić information content (AvgIpc) is 3.43. The Bertz CT molecular complexity index is 713. The topological polar surface area (TPSA) is 52.6 Å². The summed E-state index contributed by atoms with van der Waals surface area (Å²) in [6.07, 6.45) is 8.20. The summed E-state index contributed by atoms with van der Waals surface area (Å²) in [5.74, 6) is 9.93. The van der Waals surface area contributed by atoms with Gasteiger partial charge in [-0.15, -0.1) is 0 Å². The van der Waals surface area contributed by atoms with Crippen molar-refractivity contribution < 1.29 is 19.1 Å². The molecule has 0 N–H and O–H groups in total. The van der Waals surface area contributed by atoms with Crippen molar-refractivity contribution >= 4 is 11.9 Å². The fraction of sp³-hybridized carbons (Fsp3) is 0.917. The Balaban J connectivity index is 1.20. The SMILES string of the molecule is O=C1CCC(=O)O[C@@H]2CC[C@H]3C2[C@H]2C[C@@H]3[C@H]3[C@H]2C2[C@H]3[C@H]3C[C@H]2[C@H]2[C@@H]3CC[C@@H]2O1. The molecule has 4 heteroatoms. The molecule has 7 saturated carbocycles. The van der Waals surface area contributed by atoms with E-state index in [2.05, 4.69) is 0 Å². The van der Waals surface area contributed by atoms with Gasteiger partial charge in [0.05, 0.1) is 12.8 Å². The Morgan fingerprint density at radius 1 is 0.500 bits per heavy atom. The summed E-state index contributed by atoms with van der Waals surface area (Å²) >= 11 is 0. The zero-order valence-corrected chi connectivity index (χ0v) is 16.4. The minimum atomic E-state index is -0.169. The summed E-state index contributed by atoms with van der Waals surface area (Å²) in [6.45, 7) is 0. The Morgan fingerprint density at radius 2 is 0.929 bits per heavy atom. The van der Waals surface area contributed by atoms with Gasteiger partial charge in [-0.1, -0.05) is 0 Å². The van der Waals surface area contributed by atoms with Crippen LogP contribution < -0.4 is 0 Å². The number of carbonyl (C=O) groups is 2. The second-order valence-electron chi connectivity index (χ2n) is 11.6. The Morgan fingerprint density at radius 3 is 1.39 bits per heavy atom. The first-order chi connectivity index (χ1) is 13.7. The number of carbonyl (C=O) groups excluding carboxylic acids is 2. The van der Waals surface area contributed by atoms with Crippen LogP contribution in [-0.2, 0) is 19.1 Å². The van der Waals surface area contributed by atoms with Crippen molar-refractivity contribution in [3.05, 3.63) is 0 Å². The minimum absolute atomic E-state index is 0.136. The van der Waals surface area contributed by atoms with Gasteiger partial charge in [0.15, 0.2) is 0 Å². The van der Waals surface area contributed by atoms with Crippen LogP contribution in [0.25, 0.3) is 0 Å². The Labute approximate surface area is 166 Å². The molecule has 4 bridgehead atoms. The molecule has 8 rings (SSSR count). The van der Waals surface area contributed by atoms with Gasteiger partial charge in [0.2, 0.25) is 0 Å². The van der Waals surface area contributed by atoms with Crippen molar-refractivity contribution in [2.24, 2.45) is 71.0 Å². The average molecular weight is 383 g/mol. The summed E-state index contributed by atoms with van der Waals surface area (Å²) in [5.41, 5.74) is 0. The molecular weight excluding hydrogens is 352 g/mol. The lowest BCUT2D eigenvalue weighted by atomic mass is 9.43. The predicted octanol–water partition coefficient (Wildman–Crippen LogP) is 3.43. The van der Waals surface area contributed by atoms with Gasteiger partial charge in [-0.05, 0) is 97.7 Å². The highest BCUT2D eigenvalue weighted by atomic mass is 16.6. The highest BCUT2D eigenvalue weighted by Crippen LogP contribution is 2.81. The monoisotopic (exact) mass is 382 g/mol. The lowest BCUT2D eigenvalue weighted by Crippen LogP contribution is -2.59. The van der Waals surface area contributed by atoms with Crippen LogP contribution in [0.15, 0.2) is 0 Å². The first kappa shape index (κ1) is 15.7. The summed E-state index contributed by atoms with van der Waals surface area (Å²) in [6, 6.07) is 0. The highest BCUT2D eigenvalue weighted by Gasteiger charge is 2.78. The first-order valence-electron chi connectivity index (χ1n) is 12.1. The van der Waals surface area contributed by atoms with Crippen LogP contribution in [0.3, 0.4) is 0 Å². The molecule has 0 spiro atoms. The van der Waals surface area contributed by atoms with Gasteiger partial charge in [-0.3, -0.25) is 9.59 Å². The summed E-state index contributed by atoms with van der Waals surface area (Å²) < 4.78 is 12.0. The second kappa shape index (κ2) is 4.98. The molecule has 8 fully saturated rings. The second-order valence-corrected chi connectivity index (χ2v) is 11.6. The molecule has 0 amide bonds. The van der Waals surface area contributed by atoms with Gasteiger partial charge < -0.3 is 9.47 Å². The van der Waals surface area contributed by atoms with Crippen LogP contribution in [0.1, 0.15) is 51.4 Å². The lowest BCUT2D eigenvalue weighted by molar-refractivity contribution is -0.177. The van der Waals surface area contributed by atoms with E-state index < -0.39 is 0 Å². The molecule has 150 valence electrons. The molecule has 7 aliphatic carbocycles. The third-order valence-corrected chi connectivity index (χ3v) is 11.4. The van der Waals surface area contributed by atoms with Gasteiger partial charge in [0.25, 0.3) is 0 Å². The maximum atomic E-state index is 12.5. The quantitative estimate of drug-likeness (QED) is 0.602. The zero-order chi connectivity index (χ0) is 18.3. The third-order valence-electron chi connectivity index (χ3n) is 11.4. The Hall–Kier alpha value is -1.06. The molecule has 14 atom stereocenters. The number of rotatable bonds is 0. The van der Waals surface area contributed by atoms with Crippen molar-refractivity contribution in [3.63, 3.8) is 0 Å². The first-order valence-corrected chi connectivity index (χ1v) is 12.1. The van der Waals surface area contributed by atoms with Crippen LogP contribution in [0.2, 0.25) is 0 Å². The van der Waals surface area contributed by atoms with E-state index in [0.29, 0.717) is 11.8 Å². The standard InChI is InChI=1S/C24H30O4/c25-17-5-6-18(26)28-16-4-2-10-12-8-14(20(10)16)24-22(12)21-11-7-13(23(21)24)19-9(11)1-3-15(19)27-17/h9-16,19-24H,1-8H2/t9-,10-,11+,12+,13-,14+,15-,16+,19?,20-,21-,22+,23+,24?/m1/s1. The highest BCUT2D eigenvalue weighted by molar-refractivity contribution is 5.78. The molecule has 1 heterocycles. The molecule has 28 heavy (non-hydrogen) atoms. The van der Waals surface area contributed by atoms with Crippen LogP contribution in [0.5, 0.6) is 0 Å². The maximum Gasteiger partial charge on any atom is 0.306 e. The molecular formula is C24H30O4. The molecule has 1 saturated heterocycles. The van der Waals surface area contributed by atoms with E-state index in [0.717, 1.165) is 72.0 Å². The third kappa shape index (κ3) is 1.62. The van der Waals surface area contributed by atoms with E-state index in [1.54, 1.807) is 0 Å².